The maximum atomic E-state index is 13.1. The van der Waals surface area contributed by atoms with Crippen molar-refractivity contribution in [1.29, 1.82) is 0 Å². The van der Waals surface area contributed by atoms with Crippen LogP contribution in [0.4, 0.5) is 11.5 Å². The minimum Gasteiger partial charge on any atom is -0.368 e. The Morgan fingerprint density at radius 2 is 1.94 bits per heavy atom. The molecule has 2 atom stereocenters. The molecule has 0 spiro atoms. The Balaban J connectivity index is 1.35. The van der Waals surface area contributed by atoms with Crippen LogP contribution in [0.15, 0.2) is 54.7 Å². The number of benzene rings is 2. The first-order chi connectivity index (χ1) is 16.1. The highest BCUT2D eigenvalue weighted by atomic mass is 16.5. The second-order valence-electron chi connectivity index (χ2n) is 8.75. The first-order valence-corrected chi connectivity index (χ1v) is 11.6. The zero-order valence-corrected chi connectivity index (χ0v) is 18.7. The summed E-state index contributed by atoms with van der Waals surface area (Å²) in [4.78, 5) is 25.5. The van der Waals surface area contributed by atoms with Crippen LogP contribution in [0.1, 0.15) is 58.8 Å². The summed E-state index contributed by atoms with van der Waals surface area (Å²) in [6, 6.07) is 15.5. The molecule has 1 aliphatic heterocycles. The molecule has 5 rings (SSSR count). The van der Waals surface area contributed by atoms with Crippen molar-refractivity contribution < 1.29 is 14.3 Å². The minimum atomic E-state index is -0.419. The van der Waals surface area contributed by atoms with E-state index in [4.69, 9.17) is 4.74 Å². The Morgan fingerprint density at radius 3 is 2.79 bits per heavy atom. The molecule has 3 aromatic rings. The van der Waals surface area contributed by atoms with E-state index in [2.05, 4.69) is 40.0 Å². The van der Waals surface area contributed by atoms with Crippen molar-refractivity contribution in [3.8, 4) is 0 Å². The van der Waals surface area contributed by atoms with Gasteiger partial charge in [0.2, 0.25) is 0 Å². The fraction of sp³-hybridized carbons (Fsp3) is 0.346. The largest absolute Gasteiger partial charge is 0.368 e. The van der Waals surface area contributed by atoms with Crippen LogP contribution in [0, 0.1) is 6.92 Å². The predicted octanol–water partition coefficient (Wildman–Crippen LogP) is 4.49. The fourth-order valence-electron chi connectivity index (χ4n) is 4.75. The lowest BCUT2D eigenvalue weighted by Gasteiger charge is -2.27. The lowest BCUT2D eigenvalue weighted by atomic mass is 9.88. The Labute approximate surface area is 193 Å². The van der Waals surface area contributed by atoms with Gasteiger partial charge in [-0.05, 0) is 68.4 Å². The summed E-state index contributed by atoms with van der Waals surface area (Å²) in [5, 5.41) is 10.5. The van der Waals surface area contributed by atoms with E-state index < -0.39 is 6.10 Å². The van der Waals surface area contributed by atoms with Gasteiger partial charge in [0.15, 0.2) is 0 Å². The summed E-state index contributed by atoms with van der Waals surface area (Å²) in [5.74, 6) is 0.294. The zero-order valence-electron chi connectivity index (χ0n) is 18.7. The zero-order chi connectivity index (χ0) is 22.8. The van der Waals surface area contributed by atoms with Crippen molar-refractivity contribution in [3.05, 3.63) is 77.0 Å². The van der Waals surface area contributed by atoms with E-state index in [-0.39, 0.29) is 17.9 Å². The van der Waals surface area contributed by atoms with E-state index in [1.807, 2.05) is 11.6 Å². The number of rotatable bonds is 5. The van der Waals surface area contributed by atoms with Crippen LogP contribution in [0.25, 0.3) is 0 Å². The third-order valence-electron chi connectivity index (χ3n) is 6.46. The molecular weight excluding hydrogens is 416 g/mol. The maximum Gasteiger partial charge on any atom is 0.256 e. The van der Waals surface area contributed by atoms with Crippen molar-refractivity contribution in [2.75, 3.05) is 17.2 Å². The first-order valence-electron chi connectivity index (χ1n) is 11.6. The van der Waals surface area contributed by atoms with Gasteiger partial charge in [-0.15, -0.1) is 0 Å². The predicted molar refractivity (Wildman–Crippen MR) is 126 cm³/mol. The van der Waals surface area contributed by atoms with Crippen molar-refractivity contribution in [3.63, 3.8) is 0 Å². The van der Waals surface area contributed by atoms with Crippen LogP contribution >= 0.6 is 0 Å². The molecule has 1 saturated heterocycles. The van der Waals surface area contributed by atoms with Gasteiger partial charge in [0.1, 0.15) is 11.9 Å². The van der Waals surface area contributed by atoms with E-state index in [9.17, 15) is 9.59 Å². The molecule has 2 N–H and O–H groups in total. The molecule has 0 radical (unpaired) electrons. The Morgan fingerprint density at radius 1 is 1.06 bits per heavy atom. The number of nitrogens with one attached hydrogen (secondary N) is 2. The third-order valence-corrected chi connectivity index (χ3v) is 6.46. The Kier molecular flexibility index (Phi) is 5.96. The molecule has 2 amide bonds. The van der Waals surface area contributed by atoms with Gasteiger partial charge in [-0.3, -0.25) is 9.59 Å². The number of carbonyl (C=O) groups is 2. The van der Waals surface area contributed by atoms with Gasteiger partial charge >= 0.3 is 0 Å². The van der Waals surface area contributed by atoms with Crippen LogP contribution in [0.2, 0.25) is 0 Å². The molecule has 0 bridgehead atoms. The number of carbonyl (C=O) groups excluding carboxylic acids is 2. The summed E-state index contributed by atoms with van der Waals surface area (Å²) < 4.78 is 7.38. The summed E-state index contributed by atoms with van der Waals surface area (Å²) in [6.07, 6.45) is 6.12. The maximum absolute atomic E-state index is 13.1. The molecule has 1 aromatic heterocycles. The van der Waals surface area contributed by atoms with Crippen molar-refractivity contribution in [2.45, 2.75) is 51.2 Å². The number of hydrogen-bond donors (Lipinski definition) is 2. The molecule has 2 aliphatic rings. The number of aryl methyl sites for hydroxylation is 2. The van der Waals surface area contributed by atoms with Gasteiger partial charge in [0, 0.05) is 23.4 Å². The number of hydrogen-bond acceptors (Lipinski definition) is 4. The minimum absolute atomic E-state index is 0.0935. The van der Waals surface area contributed by atoms with Crippen LogP contribution in [0.3, 0.4) is 0 Å². The molecular formula is C26H28N4O3. The molecule has 170 valence electrons. The number of fused-ring (bicyclic) bond motifs is 1. The summed E-state index contributed by atoms with van der Waals surface area (Å²) >= 11 is 0. The number of aromatic nitrogens is 2. The summed E-state index contributed by atoms with van der Waals surface area (Å²) in [6.45, 7) is 2.56. The molecule has 1 fully saturated rings. The van der Waals surface area contributed by atoms with Gasteiger partial charge in [-0.2, -0.15) is 5.10 Å². The molecule has 7 nitrogen and oxygen atoms in total. The number of nitrogens with zero attached hydrogens (tertiary/aromatic N) is 2. The van der Waals surface area contributed by atoms with E-state index in [0.717, 1.165) is 37.7 Å². The molecule has 7 heteroatoms. The standard InChI is InChI=1S/C26H28N4O3/c1-17-16-27-30(22-12-5-8-18-7-2-3-11-21(18)22)24(17)29-25(31)19-9-4-10-20(15-19)28-26(32)23-13-6-14-33-23/h2-4,7,9-11,15-16,22-23H,5-6,8,12-14H2,1H3,(H,28,32)(H,29,31). The first kappa shape index (κ1) is 21.4. The fourth-order valence-corrected chi connectivity index (χ4v) is 4.75. The third kappa shape index (κ3) is 4.41. The van der Waals surface area contributed by atoms with Crippen LogP contribution in [0.5, 0.6) is 0 Å². The highest BCUT2D eigenvalue weighted by molar-refractivity contribution is 6.05. The molecule has 2 unspecified atom stereocenters. The second-order valence-corrected chi connectivity index (χ2v) is 8.75. The van der Waals surface area contributed by atoms with Gasteiger partial charge in [-0.1, -0.05) is 30.3 Å². The SMILES string of the molecule is Cc1cnn(C2CCCc3ccccc32)c1NC(=O)c1cccc(NC(=O)C2CCCO2)c1. The number of ether oxygens (including phenoxy) is 1. The lowest BCUT2D eigenvalue weighted by Crippen LogP contribution is -2.27. The van der Waals surface area contributed by atoms with Gasteiger partial charge in [0.05, 0.1) is 12.2 Å². The van der Waals surface area contributed by atoms with E-state index in [1.165, 1.54) is 11.1 Å². The molecule has 2 aromatic carbocycles. The second kappa shape index (κ2) is 9.19. The molecule has 0 saturated carbocycles. The van der Waals surface area contributed by atoms with E-state index in [1.54, 1.807) is 30.5 Å². The van der Waals surface area contributed by atoms with Crippen LogP contribution in [-0.2, 0) is 16.0 Å². The normalized spacial score (nSPS) is 19.7. The van der Waals surface area contributed by atoms with Gasteiger partial charge in [0.25, 0.3) is 11.8 Å². The van der Waals surface area contributed by atoms with Crippen molar-refractivity contribution >= 4 is 23.3 Å². The topological polar surface area (TPSA) is 85.3 Å². The lowest BCUT2D eigenvalue weighted by molar-refractivity contribution is -0.124. The average molecular weight is 445 g/mol. The molecule has 2 heterocycles. The van der Waals surface area contributed by atoms with Crippen molar-refractivity contribution in [2.24, 2.45) is 0 Å². The highest BCUT2D eigenvalue weighted by Gasteiger charge is 2.26. The molecule has 1 aliphatic carbocycles. The summed E-state index contributed by atoms with van der Waals surface area (Å²) in [5.41, 5.74) is 4.57. The molecule has 33 heavy (non-hydrogen) atoms. The van der Waals surface area contributed by atoms with E-state index >= 15 is 0 Å². The van der Waals surface area contributed by atoms with Gasteiger partial charge < -0.3 is 15.4 Å². The number of anilines is 2. The monoisotopic (exact) mass is 444 g/mol. The highest BCUT2D eigenvalue weighted by Crippen LogP contribution is 2.35. The average Bonchev–Trinajstić information content (AvgIpc) is 3.50. The smallest absolute Gasteiger partial charge is 0.256 e. The van der Waals surface area contributed by atoms with Crippen LogP contribution < -0.4 is 10.6 Å². The number of amides is 2. The van der Waals surface area contributed by atoms with Crippen molar-refractivity contribution in [1.82, 2.24) is 9.78 Å². The summed E-state index contributed by atoms with van der Waals surface area (Å²) in [7, 11) is 0. The van der Waals surface area contributed by atoms with Gasteiger partial charge in [-0.25, -0.2) is 4.68 Å². The quantitative estimate of drug-likeness (QED) is 0.607. The van der Waals surface area contributed by atoms with E-state index in [0.29, 0.717) is 23.7 Å². The van der Waals surface area contributed by atoms with Crippen LogP contribution in [-0.4, -0.2) is 34.3 Å². The Hall–Kier alpha value is -3.45. The Bertz CT molecular complexity index is 1180.